The van der Waals surface area contributed by atoms with E-state index in [-0.39, 0.29) is 4.90 Å². The monoisotopic (exact) mass is 348 g/mol. The molecule has 0 spiro atoms. The highest BCUT2D eigenvalue weighted by Crippen LogP contribution is 2.25. The lowest BCUT2D eigenvalue weighted by atomic mass is 10.0. The van der Waals surface area contributed by atoms with Gasteiger partial charge in [-0.15, -0.1) is 0 Å². The van der Waals surface area contributed by atoms with Crippen molar-refractivity contribution in [2.75, 3.05) is 7.05 Å². The van der Waals surface area contributed by atoms with Crippen molar-refractivity contribution in [2.24, 2.45) is 0 Å². The largest absolute Gasteiger partial charge is 0.316 e. The van der Waals surface area contributed by atoms with E-state index in [4.69, 9.17) is 0 Å². The first kappa shape index (κ1) is 16.6. The van der Waals surface area contributed by atoms with E-state index in [9.17, 15) is 8.42 Å². The van der Waals surface area contributed by atoms with E-state index < -0.39 is 15.6 Å². The molecule has 0 aromatic heterocycles. The second-order valence-corrected chi connectivity index (χ2v) is 7.64. The van der Waals surface area contributed by atoms with Crippen LogP contribution in [-0.4, -0.2) is 21.0 Å². The third kappa shape index (κ3) is 4.56. The molecule has 0 saturated carbocycles. The lowest BCUT2D eigenvalue weighted by Gasteiger charge is -2.24. The van der Waals surface area contributed by atoms with Crippen molar-refractivity contribution in [3.8, 4) is 0 Å². The van der Waals surface area contributed by atoms with Crippen molar-refractivity contribution in [3.05, 3.63) is 28.2 Å². The van der Waals surface area contributed by atoms with Crippen LogP contribution in [0.3, 0.4) is 0 Å². The molecule has 0 heterocycles. The maximum atomic E-state index is 12.4. The molecule has 19 heavy (non-hydrogen) atoms. The fourth-order valence-corrected chi connectivity index (χ4v) is 4.06. The number of nitrogens with one attached hydrogen (secondary N) is 2. The Labute approximate surface area is 124 Å². The van der Waals surface area contributed by atoms with Crippen molar-refractivity contribution in [3.63, 3.8) is 0 Å². The molecule has 0 atom stereocenters. The molecule has 0 saturated heterocycles. The average Bonchev–Trinajstić information content (AvgIpc) is 2.30. The highest BCUT2D eigenvalue weighted by molar-refractivity contribution is 9.10. The Kier molecular flexibility index (Phi) is 5.55. The van der Waals surface area contributed by atoms with Crippen molar-refractivity contribution in [2.45, 2.75) is 44.2 Å². The lowest BCUT2D eigenvalue weighted by molar-refractivity contribution is 0.439. The van der Waals surface area contributed by atoms with Gasteiger partial charge in [0.15, 0.2) is 0 Å². The van der Waals surface area contributed by atoms with Gasteiger partial charge in [-0.1, -0.05) is 13.0 Å². The summed E-state index contributed by atoms with van der Waals surface area (Å²) in [4.78, 5) is 0.279. The Morgan fingerprint density at radius 2 is 1.95 bits per heavy atom. The van der Waals surface area contributed by atoms with Crippen molar-refractivity contribution < 1.29 is 8.42 Å². The minimum absolute atomic E-state index is 0.279. The minimum Gasteiger partial charge on any atom is -0.316 e. The van der Waals surface area contributed by atoms with Gasteiger partial charge in [-0.2, -0.15) is 0 Å². The summed E-state index contributed by atoms with van der Waals surface area (Å²) in [5, 5.41) is 3.01. The molecule has 0 aliphatic rings. The van der Waals surface area contributed by atoms with Crippen LogP contribution in [0.2, 0.25) is 0 Å². The van der Waals surface area contributed by atoms with Gasteiger partial charge in [0.2, 0.25) is 10.0 Å². The fourth-order valence-electron chi connectivity index (χ4n) is 1.56. The van der Waals surface area contributed by atoms with Gasteiger partial charge in [0.05, 0.1) is 4.90 Å². The van der Waals surface area contributed by atoms with Gasteiger partial charge in [-0.25, -0.2) is 13.1 Å². The maximum Gasteiger partial charge on any atom is 0.242 e. The van der Waals surface area contributed by atoms with Gasteiger partial charge in [-0.3, -0.25) is 0 Å². The van der Waals surface area contributed by atoms with Crippen LogP contribution in [0.4, 0.5) is 0 Å². The Hall–Kier alpha value is -0.430. The zero-order valence-corrected chi connectivity index (χ0v) is 14.2. The molecule has 0 fully saturated rings. The first-order chi connectivity index (χ1) is 8.72. The Bertz CT molecular complexity index is 542. The van der Waals surface area contributed by atoms with Crippen LogP contribution >= 0.6 is 15.9 Å². The molecule has 0 amide bonds. The Balaban J connectivity index is 3.17. The molecule has 1 aromatic carbocycles. The molecule has 0 unspecified atom stereocenters. The minimum atomic E-state index is -3.53. The van der Waals surface area contributed by atoms with E-state index in [2.05, 4.69) is 26.0 Å². The van der Waals surface area contributed by atoms with Gasteiger partial charge in [0, 0.05) is 16.6 Å². The predicted molar refractivity (Wildman–Crippen MR) is 81.6 cm³/mol. The molecule has 6 heteroatoms. The van der Waals surface area contributed by atoms with E-state index in [0.717, 1.165) is 12.0 Å². The number of halogens is 1. The second-order valence-electron chi connectivity index (χ2n) is 5.14. The van der Waals surface area contributed by atoms with Gasteiger partial charge >= 0.3 is 0 Å². The lowest BCUT2D eigenvalue weighted by Crippen LogP contribution is -2.42. The summed E-state index contributed by atoms with van der Waals surface area (Å²) in [6.45, 7) is 6.33. The van der Waals surface area contributed by atoms with Crippen LogP contribution in [0.1, 0.15) is 32.8 Å². The quantitative estimate of drug-likeness (QED) is 0.830. The van der Waals surface area contributed by atoms with Crippen LogP contribution < -0.4 is 10.0 Å². The summed E-state index contributed by atoms with van der Waals surface area (Å²) in [5.74, 6) is 0. The standard InChI is InChI=1S/C13H21BrN2O2S/c1-5-13(2,3)16-19(17,18)12-8-10(9-15-4)6-7-11(12)14/h6-8,15-16H,5,9H2,1-4H3. The number of benzene rings is 1. The summed E-state index contributed by atoms with van der Waals surface area (Å²) in [7, 11) is -1.70. The summed E-state index contributed by atoms with van der Waals surface area (Å²) >= 11 is 3.31. The SMILES string of the molecule is CCC(C)(C)NS(=O)(=O)c1cc(CNC)ccc1Br. The molecule has 1 aromatic rings. The fraction of sp³-hybridized carbons (Fsp3) is 0.538. The second kappa shape index (κ2) is 6.35. The Morgan fingerprint density at radius 3 is 2.47 bits per heavy atom. The van der Waals surface area contributed by atoms with Gasteiger partial charge in [-0.05, 0) is 60.9 Å². The van der Waals surface area contributed by atoms with Crippen LogP contribution in [0.15, 0.2) is 27.6 Å². The van der Waals surface area contributed by atoms with E-state index in [1.165, 1.54) is 0 Å². The number of rotatable bonds is 6. The van der Waals surface area contributed by atoms with Crippen molar-refractivity contribution in [1.29, 1.82) is 0 Å². The van der Waals surface area contributed by atoms with Crippen LogP contribution in [0.25, 0.3) is 0 Å². The van der Waals surface area contributed by atoms with E-state index in [1.54, 1.807) is 12.1 Å². The first-order valence-electron chi connectivity index (χ1n) is 6.19. The molecule has 4 nitrogen and oxygen atoms in total. The van der Waals surface area contributed by atoms with E-state index in [0.29, 0.717) is 11.0 Å². The molecule has 108 valence electrons. The summed E-state index contributed by atoms with van der Waals surface area (Å²) in [5.41, 5.74) is 0.470. The zero-order chi connectivity index (χ0) is 14.7. The smallest absolute Gasteiger partial charge is 0.242 e. The first-order valence-corrected chi connectivity index (χ1v) is 8.46. The number of sulfonamides is 1. The zero-order valence-electron chi connectivity index (χ0n) is 11.7. The number of hydrogen-bond donors (Lipinski definition) is 2. The maximum absolute atomic E-state index is 12.4. The predicted octanol–water partition coefficient (Wildman–Crippen LogP) is 2.64. The molecule has 1 rings (SSSR count). The summed E-state index contributed by atoms with van der Waals surface area (Å²) in [6, 6.07) is 5.35. The van der Waals surface area contributed by atoms with Gasteiger partial charge in [0.1, 0.15) is 0 Å². The molecule has 0 bridgehead atoms. The topological polar surface area (TPSA) is 58.2 Å². The summed E-state index contributed by atoms with van der Waals surface area (Å²) in [6.07, 6.45) is 0.722. The highest BCUT2D eigenvalue weighted by atomic mass is 79.9. The normalized spacial score (nSPS) is 12.7. The molecule has 2 N–H and O–H groups in total. The highest BCUT2D eigenvalue weighted by Gasteiger charge is 2.26. The molecule has 0 aliphatic carbocycles. The van der Waals surface area contributed by atoms with E-state index >= 15 is 0 Å². The third-order valence-corrected chi connectivity index (χ3v) is 5.65. The van der Waals surface area contributed by atoms with Gasteiger partial charge < -0.3 is 5.32 Å². The summed E-state index contributed by atoms with van der Waals surface area (Å²) < 4.78 is 28.2. The molecular formula is C13H21BrN2O2S. The molecule has 0 aliphatic heterocycles. The van der Waals surface area contributed by atoms with Crippen LogP contribution in [-0.2, 0) is 16.6 Å². The van der Waals surface area contributed by atoms with Crippen LogP contribution in [0.5, 0.6) is 0 Å². The van der Waals surface area contributed by atoms with Crippen molar-refractivity contribution >= 4 is 26.0 Å². The third-order valence-electron chi connectivity index (χ3n) is 2.96. The van der Waals surface area contributed by atoms with Crippen LogP contribution in [0, 0.1) is 0 Å². The molecule has 0 radical (unpaired) electrons. The van der Waals surface area contributed by atoms with Gasteiger partial charge in [0.25, 0.3) is 0 Å². The van der Waals surface area contributed by atoms with Crippen molar-refractivity contribution in [1.82, 2.24) is 10.0 Å². The number of hydrogen-bond acceptors (Lipinski definition) is 3. The molecular weight excluding hydrogens is 328 g/mol. The Morgan fingerprint density at radius 1 is 1.32 bits per heavy atom. The average molecular weight is 349 g/mol. The van der Waals surface area contributed by atoms with E-state index in [1.807, 2.05) is 33.9 Å².